The van der Waals surface area contributed by atoms with Crippen LogP contribution >= 0.6 is 0 Å². The van der Waals surface area contributed by atoms with E-state index in [-0.39, 0.29) is 17.0 Å². The average Bonchev–Trinajstić information content (AvgIpc) is 2.57. The van der Waals surface area contributed by atoms with Gasteiger partial charge in [0.25, 0.3) is 0 Å². The second kappa shape index (κ2) is 8.54. The van der Waals surface area contributed by atoms with E-state index in [4.69, 9.17) is 9.29 Å². The van der Waals surface area contributed by atoms with Gasteiger partial charge in [0.15, 0.2) is 5.75 Å². The molecule has 0 bridgehead atoms. The summed E-state index contributed by atoms with van der Waals surface area (Å²) in [5.74, 6) is -0.754. The first-order valence-electron chi connectivity index (χ1n) is 7.93. The Morgan fingerprint density at radius 1 is 1.15 bits per heavy atom. The molecule has 0 aliphatic rings. The Morgan fingerprint density at radius 2 is 1.81 bits per heavy atom. The van der Waals surface area contributed by atoms with Crippen molar-refractivity contribution in [3.63, 3.8) is 0 Å². The van der Waals surface area contributed by atoms with E-state index in [1.165, 1.54) is 6.07 Å². The maximum absolute atomic E-state index is 11.4. The first kappa shape index (κ1) is 19.5. The molecule has 2 aromatic carbocycles. The molecule has 0 radical (unpaired) electrons. The molecule has 140 valence electrons. The predicted octanol–water partition coefficient (Wildman–Crippen LogP) is 3.60. The van der Waals surface area contributed by atoms with Crippen molar-refractivity contribution in [1.82, 2.24) is 0 Å². The van der Waals surface area contributed by atoms with Crippen LogP contribution in [0.2, 0.25) is 0 Å². The molecule has 9 heteroatoms. The maximum Gasteiger partial charge on any atom is 0.357 e. The monoisotopic (exact) mass is 380 g/mol. The smallest absolute Gasteiger partial charge is 0.357 e. The fourth-order valence-electron chi connectivity index (χ4n) is 2.21. The van der Waals surface area contributed by atoms with Crippen molar-refractivity contribution in [3.05, 3.63) is 48.0 Å². The van der Waals surface area contributed by atoms with E-state index >= 15 is 0 Å². The van der Waals surface area contributed by atoms with Gasteiger partial charge in [-0.2, -0.15) is 8.42 Å². The van der Waals surface area contributed by atoms with Gasteiger partial charge in [0.05, 0.1) is 16.9 Å². The van der Waals surface area contributed by atoms with E-state index in [0.717, 1.165) is 18.9 Å². The first-order valence-corrected chi connectivity index (χ1v) is 9.37. The zero-order chi connectivity index (χ0) is 19.2. The molecule has 0 amide bonds. The number of anilines is 2. The fourth-order valence-corrected chi connectivity index (χ4v) is 2.64. The van der Waals surface area contributed by atoms with E-state index in [0.29, 0.717) is 18.0 Å². The summed E-state index contributed by atoms with van der Waals surface area (Å²) >= 11 is 0. The number of carboxylic acids is 1. The minimum absolute atomic E-state index is 0.0647. The topological polar surface area (TPSA) is 125 Å². The average molecular weight is 380 g/mol. The van der Waals surface area contributed by atoms with Gasteiger partial charge in [0.2, 0.25) is 0 Å². The van der Waals surface area contributed by atoms with Gasteiger partial charge in [-0.05, 0) is 30.7 Å². The van der Waals surface area contributed by atoms with Crippen molar-refractivity contribution in [2.75, 3.05) is 16.6 Å². The Kier molecular flexibility index (Phi) is 6.42. The van der Waals surface area contributed by atoms with Crippen molar-refractivity contribution >= 4 is 27.6 Å². The number of aromatic carboxylic acids is 1. The van der Waals surface area contributed by atoms with Gasteiger partial charge in [-0.1, -0.05) is 31.5 Å². The van der Waals surface area contributed by atoms with E-state index in [1.54, 1.807) is 30.3 Å². The second-order valence-electron chi connectivity index (χ2n) is 5.48. The standard InChI is InChI=1S/C17H20N2O6S/c1-2-3-9-18-14-10-12(17(20)21)11-15(19-26(22,23)24)16(14)25-13-7-5-4-6-8-13/h4-8,10-11,18-19H,2-3,9H2,1H3,(H,20,21)(H,22,23,24). The SMILES string of the molecule is CCCCNc1cc(C(=O)O)cc(NS(=O)(=O)O)c1Oc1ccccc1. The van der Waals surface area contributed by atoms with Gasteiger partial charge < -0.3 is 15.2 Å². The summed E-state index contributed by atoms with van der Waals surface area (Å²) in [5, 5.41) is 12.3. The van der Waals surface area contributed by atoms with E-state index in [2.05, 4.69) is 5.32 Å². The highest BCUT2D eigenvalue weighted by Gasteiger charge is 2.19. The van der Waals surface area contributed by atoms with Gasteiger partial charge in [0.1, 0.15) is 5.75 Å². The van der Waals surface area contributed by atoms with Crippen LogP contribution < -0.4 is 14.8 Å². The lowest BCUT2D eigenvalue weighted by molar-refractivity contribution is 0.0697. The maximum atomic E-state index is 11.4. The summed E-state index contributed by atoms with van der Waals surface area (Å²) in [5.41, 5.74) is -0.0424. The molecule has 8 nitrogen and oxygen atoms in total. The summed E-state index contributed by atoms with van der Waals surface area (Å²) < 4.78 is 39.3. The van der Waals surface area contributed by atoms with Crippen LogP contribution in [0.5, 0.6) is 11.5 Å². The zero-order valence-electron chi connectivity index (χ0n) is 14.1. The lowest BCUT2D eigenvalue weighted by Gasteiger charge is -2.18. The van der Waals surface area contributed by atoms with Gasteiger partial charge in [-0.15, -0.1) is 0 Å². The predicted molar refractivity (Wildman–Crippen MR) is 98.5 cm³/mol. The molecule has 4 N–H and O–H groups in total. The number of nitrogens with one attached hydrogen (secondary N) is 2. The minimum Gasteiger partial charge on any atom is -0.478 e. The van der Waals surface area contributed by atoms with Crippen molar-refractivity contribution in [2.24, 2.45) is 0 Å². The lowest BCUT2D eigenvalue weighted by atomic mass is 10.1. The number of rotatable bonds is 9. The van der Waals surface area contributed by atoms with Gasteiger partial charge in [0, 0.05) is 6.54 Å². The van der Waals surface area contributed by atoms with Crippen molar-refractivity contribution in [2.45, 2.75) is 19.8 Å². The third-order valence-corrected chi connectivity index (χ3v) is 3.86. The highest BCUT2D eigenvalue weighted by molar-refractivity contribution is 7.87. The normalized spacial score (nSPS) is 11.0. The number of hydrogen-bond donors (Lipinski definition) is 4. The number of unbranched alkanes of at least 4 members (excludes halogenated alkanes) is 1. The number of carboxylic acid groups (broad SMARTS) is 1. The van der Waals surface area contributed by atoms with E-state index in [9.17, 15) is 18.3 Å². The number of hydrogen-bond acceptors (Lipinski definition) is 5. The number of ether oxygens (including phenoxy) is 1. The zero-order valence-corrected chi connectivity index (χ0v) is 14.9. The van der Waals surface area contributed by atoms with Crippen LogP contribution in [0.4, 0.5) is 11.4 Å². The molecule has 0 aliphatic heterocycles. The number of carbonyl (C=O) groups is 1. The van der Waals surface area contributed by atoms with Gasteiger partial charge >= 0.3 is 16.3 Å². The lowest BCUT2D eigenvalue weighted by Crippen LogP contribution is -2.13. The Hall–Kier alpha value is -2.78. The third kappa shape index (κ3) is 5.64. The summed E-state index contributed by atoms with van der Waals surface area (Å²) in [4.78, 5) is 11.4. The highest BCUT2D eigenvalue weighted by atomic mass is 32.2. The molecule has 0 aliphatic carbocycles. The molecular formula is C17H20N2O6S. The van der Waals surface area contributed by atoms with Gasteiger partial charge in [-0.25, -0.2) is 4.79 Å². The van der Waals surface area contributed by atoms with Crippen LogP contribution in [-0.4, -0.2) is 30.6 Å². The molecule has 0 fully saturated rings. The molecule has 2 aromatic rings. The minimum atomic E-state index is -4.63. The van der Waals surface area contributed by atoms with Crippen LogP contribution in [0.1, 0.15) is 30.1 Å². The van der Waals surface area contributed by atoms with E-state index < -0.39 is 16.3 Å². The fraction of sp³-hybridized carbons (Fsp3) is 0.235. The van der Waals surface area contributed by atoms with Crippen LogP contribution in [0.25, 0.3) is 0 Å². The Morgan fingerprint density at radius 3 is 2.38 bits per heavy atom. The number of para-hydroxylation sites is 1. The Labute approximate surface area is 151 Å². The Balaban J connectivity index is 2.54. The quantitative estimate of drug-likeness (QED) is 0.387. The summed E-state index contributed by atoms with van der Waals surface area (Å²) in [6.45, 7) is 2.54. The molecule has 26 heavy (non-hydrogen) atoms. The van der Waals surface area contributed by atoms with Crippen molar-refractivity contribution in [3.8, 4) is 11.5 Å². The Bertz CT molecular complexity index is 868. The molecule has 0 heterocycles. The summed E-state index contributed by atoms with van der Waals surface area (Å²) in [7, 11) is -4.63. The number of benzene rings is 2. The molecule has 0 atom stereocenters. The van der Waals surface area contributed by atoms with E-state index in [1.807, 2.05) is 11.6 Å². The second-order valence-corrected chi connectivity index (χ2v) is 6.63. The molecule has 0 saturated carbocycles. The highest BCUT2D eigenvalue weighted by Crippen LogP contribution is 2.39. The van der Waals surface area contributed by atoms with Crippen molar-refractivity contribution in [1.29, 1.82) is 0 Å². The largest absolute Gasteiger partial charge is 0.478 e. The van der Waals surface area contributed by atoms with Crippen LogP contribution in [-0.2, 0) is 10.3 Å². The van der Waals surface area contributed by atoms with Crippen LogP contribution in [0.15, 0.2) is 42.5 Å². The molecular weight excluding hydrogens is 360 g/mol. The first-order chi connectivity index (χ1) is 12.3. The van der Waals surface area contributed by atoms with Crippen molar-refractivity contribution < 1.29 is 27.6 Å². The third-order valence-electron chi connectivity index (χ3n) is 3.38. The summed E-state index contributed by atoms with van der Waals surface area (Å²) in [6, 6.07) is 11.0. The molecule has 0 saturated heterocycles. The molecule has 0 spiro atoms. The van der Waals surface area contributed by atoms with Crippen LogP contribution in [0, 0.1) is 0 Å². The molecule has 0 unspecified atom stereocenters. The summed E-state index contributed by atoms with van der Waals surface area (Å²) in [6.07, 6.45) is 1.74. The van der Waals surface area contributed by atoms with Crippen LogP contribution in [0.3, 0.4) is 0 Å². The molecule has 0 aromatic heterocycles. The van der Waals surface area contributed by atoms with Gasteiger partial charge in [-0.3, -0.25) is 9.27 Å². The molecule has 2 rings (SSSR count).